The van der Waals surface area contributed by atoms with Gasteiger partial charge in [0.1, 0.15) is 5.75 Å². The van der Waals surface area contributed by atoms with Crippen molar-refractivity contribution in [1.29, 1.82) is 0 Å². The van der Waals surface area contributed by atoms with Gasteiger partial charge in [-0.1, -0.05) is 27.7 Å². The number of Topliss-reactive ketones (excluding diaryl/α,β-unsaturated/α-hetero) is 1. The van der Waals surface area contributed by atoms with Gasteiger partial charge in [0.25, 0.3) is 0 Å². The highest BCUT2D eigenvalue weighted by molar-refractivity contribution is 6.09. The van der Waals surface area contributed by atoms with E-state index in [9.17, 15) is 4.79 Å². The first-order valence-corrected chi connectivity index (χ1v) is 7.32. The summed E-state index contributed by atoms with van der Waals surface area (Å²) in [5.41, 5.74) is 1.75. The quantitative estimate of drug-likeness (QED) is 0.791. The van der Waals surface area contributed by atoms with Crippen LogP contribution in [0, 0.1) is 11.8 Å². The first kappa shape index (κ1) is 14.6. The fraction of sp³-hybridized carbons (Fsp3) is 0.471. The molecule has 1 heterocycles. The third kappa shape index (κ3) is 2.87. The van der Waals surface area contributed by atoms with Crippen LogP contribution < -0.4 is 4.74 Å². The Bertz CT molecular complexity index is 598. The highest BCUT2D eigenvalue weighted by Gasteiger charge is 2.21. The van der Waals surface area contributed by atoms with Gasteiger partial charge < -0.3 is 9.72 Å². The number of nitrogens with one attached hydrogen (secondary N) is 1. The van der Waals surface area contributed by atoms with Crippen molar-refractivity contribution in [3.8, 4) is 5.75 Å². The summed E-state index contributed by atoms with van der Waals surface area (Å²) in [6.45, 7) is 8.92. The van der Waals surface area contributed by atoms with Gasteiger partial charge in [0.2, 0.25) is 0 Å². The summed E-state index contributed by atoms with van der Waals surface area (Å²) in [6.07, 6.45) is 2.79. The van der Waals surface area contributed by atoms with E-state index in [4.69, 9.17) is 4.74 Å². The predicted octanol–water partition coefficient (Wildman–Crippen LogP) is 4.43. The molecule has 0 saturated heterocycles. The molecule has 1 unspecified atom stereocenters. The first-order chi connectivity index (χ1) is 9.54. The lowest BCUT2D eigenvalue weighted by Gasteiger charge is -2.13. The third-order valence-corrected chi connectivity index (χ3v) is 3.81. The highest BCUT2D eigenvalue weighted by Crippen LogP contribution is 2.27. The van der Waals surface area contributed by atoms with Crippen molar-refractivity contribution < 1.29 is 9.53 Å². The van der Waals surface area contributed by atoms with Crippen molar-refractivity contribution in [3.63, 3.8) is 0 Å². The second kappa shape index (κ2) is 6.12. The van der Waals surface area contributed by atoms with Crippen molar-refractivity contribution in [2.24, 2.45) is 11.8 Å². The predicted molar refractivity (Wildman–Crippen MR) is 82.4 cm³/mol. The first-order valence-electron chi connectivity index (χ1n) is 7.32. The second-order valence-electron chi connectivity index (χ2n) is 5.66. The average Bonchev–Trinajstić information content (AvgIpc) is 2.86. The number of rotatable bonds is 6. The largest absolute Gasteiger partial charge is 0.494 e. The molecule has 1 aromatic carbocycles. The SMILES string of the molecule is CCCOc1ccc2[nH]cc(C(=O)C(C)C(C)C)c2c1. The van der Waals surface area contributed by atoms with E-state index >= 15 is 0 Å². The van der Waals surface area contributed by atoms with E-state index in [1.165, 1.54) is 0 Å². The monoisotopic (exact) mass is 273 g/mol. The standard InChI is InChI=1S/C17H23NO2/c1-5-8-20-13-6-7-16-14(9-13)15(10-18-16)17(19)12(4)11(2)3/h6-7,9-12,18H,5,8H2,1-4H3. The topological polar surface area (TPSA) is 42.1 Å². The molecule has 0 aliphatic heterocycles. The van der Waals surface area contributed by atoms with E-state index in [0.29, 0.717) is 12.5 Å². The molecule has 0 saturated carbocycles. The van der Waals surface area contributed by atoms with E-state index in [1.54, 1.807) is 0 Å². The molecule has 1 atom stereocenters. The molecule has 3 nitrogen and oxygen atoms in total. The molecule has 0 radical (unpaired) electrons. The fourth-order valence-electron chi connectivity index (χ4n) is 2.16. The number of carbonyl (C=O) groups is 1. The summed E-state index contributed by atoms with van der Waals surface area (Å²) >= 11 is 0. The average molecular weight is 273 g/mol. The summed E-state index contributed by atoms with van der Waals surface area (Å²) in [6, 6.07) is 5.87. The fourth-order valence-corrected chi connectivity index (χ4v) is 2.16. The summed E-state index contributed by atoms with van der Waals surface area (Å²) in [5.74, 6) is 1.38. The van der Waals surface area contributed by atoms with Crippen molar-refractivity contribution in [2.45, 2.75) is 34.1 Å². The van der Waals surface area contributed by atoms with Crippen molar-refractivity contribution in [2.75, 3.05) is 6.61 Å². The summed E-state index contributed by atoms with van der Waals surface area (Å²) < 4.78 is 5.65. The van der Waals surface area contributed by atoms with E-state index in [-0.39, 0.29) is 11.7 Å². The number of ketones is 1. The molecule has 1 N–H and O–H groups in total. The van der Waals surface area contributed by atoms with Crippen LogP contribution in [0.15, 0.2) is 24.4 Å². The van der Waals surface area contributed by atoms with Gasteiger partial charge in [0, 0.05) is 28.6 Å². The number of ether oxygens (including phenoxy) is 1. The zero-order valence-corrected chi connectivity index (χ0v) is 12.7. The Morgan fingerprint density at radius 2 is 2.05 bits per heavy atom. The van der Waals surface area contributed by atoms with E-state index in [0.717, 1.165) is 28.6 Å². The maximum Gasteiger partial charge on any atom is 0.168 e. The molecule has 0 aliphatic rings. The minimum atomic E-state index is 0.0224. The van der Waals surface area contributed by atoms with Gasteiger partial charge in [-0.25, -0.2) is 0 Å². The van der Waals surface area contributed by atoms with Crippen LogP contribution in [0.5, 0.6) is 5.75 Å². The molecular formula is C17H23NO2. The van der Waals surface area contributed by atoms with Crippen molar-refractivity contribution >= 4 is 16.7 Å². The Kier molecular flexibility index (Phi) is 4.48. The molecular weight excluding hydrogens is 250 g/mol. The molecule has 0 spiro atoms. The normalized spacial score (nSPS) is 12.8. The van der Waals surface area contributed by atoms with E-state index in [1.807, 2.05) is 31.3 Å². The van der Waals surface area contributed by atoms with Gasteiger partial charge in [0.15, 0.2) is 5.78 Å². The molecule has 0 aliphatic carbocycles. The zero-order valence-electron chi connectivity index (χ0n) is 12.7. The van der Waals surface area contributed by atoms with E-state index in [2.05, 4.69) is 25.8 Å². The van der Waals surface area contributed by atoms with Crippen LogP contribution in [-0.2, 0) is 0 Å². The maximum absolute atomic E-state index is 12.5. The van der Waals surface area contributed by atoms with Crippen molar-refractivity contribution in [3.05, 3.63) is 30.0 Å². The van der Waals surface area contributed by atoms with Gasteiger partial charge in [-0.05, 0) is 30.5 Å². The molecule has 2 rings (SSSR count). The van der Waals surface area contributed by atoms with Crippen LogP contribution in [-0.4, -0.2) is 17.4 Å². The lowest BCUT2D eigenvalue weighted by Crippen LogP contribution is -2.16. The van der Waals surface area contributed by atoms with Crippen LogP contribution in [0.2, 0.25) is 0 Å². The summed E-state index contributed by atoms with van der Waals surface area (Å²) in [4.78, 5) is 15.7. The number of hydrogen-bond donors (Lipinski definition) is 1. The Hall–Kier alpha value is -1.77. The number of carbonyl (C=O) groups excluding carboxylic acids is 1. The summed E-state index contributed by atoms with van der Waals surface area (Å²) in [5, 5.41) is 0.955. The van der Waals surface area contributed by atoms with Crippen LogP contribution in [0.3, 0.4) is 0 Å². The minimum Gasteiger partial charge on any atom is -0.494 e. The lowest BCUT2D eigenvalue weighted by molar-refractivity contribution is 0.0901. The Morgan fingerprint density at radius 1 is 1.30 bits per heavy atom. The third-order valence-electron chi connectivity index (χ3n) is 3.81. The smallest absolute Gasteiger partial charge is 0.168 e. The lowest BCUT2D eigenvalue weighted by atomic mass is 9.89. The van der Waals surface area contributed by atoms with Crippen LogP contribution in [0.4, 0.5) is 0 Å². The number of H-pyrrole nitrogens is 1. The van der Waals surface area contributed by atoms with Crippen LogP contribution in [0.1, 0.15) is 44.5 Å². The summed E-state index contributed by atoms with van der Waals surface area (Å²) in [7, 11) is 0. The molecule has 0 amide bonds. The number of hydrogen-bond acceptors (Lipinski definition) is 2. The zero-order chi connectivity index (χ0) is 14.7. The molecule has 108 valence electrons. The molecule has 3 heteroatoms. The molecule has 2 aromatic rings. The van der Waals surface area contributed by atoms with Gasteiger partial charge in [-0.15, -0.1) is 0 Å². The van der Waals surface area contributed by atoms with Crippen molar-refractivity contribution in [1.82, 2.24) is 4.98 Å². The molecule has 1 aromatic heterocycles. The molecule has 20 heavy (non-hydrogen) atoms. The molecule has 0 fully saturated rings. The van der Waals surface area contributed by atoms with Gasteiger partial charge >= 0.3 is 0 Å². The Labute approximate surface area is 120 Å². The van der Waals surface area contributed by atoms with E-state index < -0.39 is 0 Å². The van der Waals surface area contributed by atoms with Gasteiger partial charge in [-0.3, -0.25) is 4.79 Å². The number of aromatic nitrogens is 1. The minimum absolute atomic E-state index is 0.0224. The Morgan fingerprint density at radius 3 is 2.70 bits per heavy atom. The number of benzene rings is 1. The van der Waals surface area contributed by atoms with Gasteiger partial charge in [0.05, 0.1) is 6.61 Å². The van der Waals surface area contributed by atoms with Gasteiger partial charge in [-0.2, -0.15) is 0 Å². The number of aromatic amines is 1. The Balaban J connectivity index is 2.36. The van der Waals surface area contributed by atoms with Crippen LogP contribution >= 0.6 is 0 Å². The second-order valence-corrected chi connectivity index (χ2v) is 5.66. The number of fused-ring (bicyclic) bond motifs is 1. The maximum atomic E-state index is 12.5. The highest BCUT2D eigenvalue weighted by atomic mass is 16.5. The van der Waals surface area contributed by atoms with Crippen LogP contribution in [0.25, 0.3) is 10.9 Å². The molecule has 0 bridgehead atoms.